The average Bonchev–Trinajstić information content (AvgIpc) is 3.12. The number of ketones is 1. The van der Waals surface area contributed by atoms with Crippen LogP contribution in [0.1, 0.15) is 82.5 Å². The van der Waals surface area contributed by atoms with E-state index in [-0.39, 0.29) is 11.7 Å². The van der Waals surface area contributed by atoms with E-state index < -0.39 is 6.04 Å². The molecule has 2 N–H and O–H groups in total. The normalized spacial score (nSPS) is 15.5. The summed E-state index contributed by atoms with van der Waals surface area (Å²) in [6, 6.07) is -0.392. The Morgan fingerprint density at radius 2 is 2.04 bits per heavy atom. The molecule has 1 atom stereocenters. The van der Waals surface area contributed by atoms with Gasteiger partial charge in [-0.1, -0.05) is 5.16 Å². The molecule has 0 spiro atoms. The Bertz CT molecular complexity index is 770. The van der Waals surface area contributed by atoms with Crippen LogP contribution in [0.3, 0.4) is 0 Å². The molecule has 2 heterocycles. The summed E-state index contributed by atoms with van der Waals surface area (Å²) in [6.07, 6.45) is 2.19. The quantitative estimate of drug-likeness (QED) is 0.826. The summed E-state index contributed by atoms with van der Waals surface area (Å²) in [5, 5.41) is 6.81. The number of aromatic nitrogens is 3. The van der Waals surface area contributed by atoms with Crippen LogP contribution >= 0.6 is 0 Å². The standard InChI is InChI=1S/C16H20N4O3/c1-7-12(8(2)17-13(7)10(4)21)15(22)18-9(3)16-19-14(20-23-16)11-5-6-11/h9,11,17H,5-6H2,1-4H3,(H,18,22)/t9-/m1/s1. The van der Waals surface area contributed by atoms with Gasteiger partial charge in [-0.3, -0.25) is 9.59 Å². The van der Waals surface area contributed by atoms with Gasteiger partial charge in [-0.05, 0) is 39.2 Å². The molecule has 3 rings (SSSR count). The smallest absolute Gasteiger partial charge is 0.254 e. The number of carbonyl (C=O) groups is 2. The molecule has 1 aliphatic carbocycles. The van der Waals surface area contributed by atoms with Crippen molar-refractivity contribution < 1.29 is 14.1 Å². The number of Topliss-reactive ketones (excluding diaryl/α,β-unsaturated/α-hetero) is 1. The van der Waals surface area contributed by atoms with Crippen LogP contribution in [0.2, 0.25) is 0 Å². The van der Waals surface area contributed by atoms with Crippen LogP contribution in [-0.4, -0.2) is 26.8 Å². The molecule has 122 valence electrons. The van der Waals surface area contributed by atoms with Crippen molar-refractivity contribution in [1.82, 2.24) is 20.4 Å². The molecule has 7 nitrogen and oxygen atoms in total. The van der Waals surface area contributed by atoms with Gasteiger partial charge >= 0.3 is 0 Å². The second-order valence-corrected chi connectivity index (χ2v) is 6.14. The van der Waals surface area contributed by atoms with Crippen LogP contribution in [0.25, 0.3) is 0 Å². The predicted molar refractivity (Wildman–Crippen MR) is 82.4 cm³/mol. The molecule has 0 radical (unpaired) electrons. The van der Waals surface area contributed by atoms with Gasteiger partial charge in [-0.15, -0.1) is 0 Å². The van der Waals surface area contributed by atoms with E-state index in [2.05, 4.69) is 20.4 Å². The Labute approximate surface area is 133 Å². The largest absolute Gasteiger partial charge is 0.355 e. The molecular weight excluding hydrogens is 296 g/mol. The first kappa shape index (κ1) is 15.5. The summed E-state index contributed by atoms with van der Waals surface area (Å²) in [6.45, 7) is 6.81. The van der Waals surface area contributed by atoms with E-state index in [1.165, 1.54) is 6.92 Å². The van der Waals surface area contributed by atoms with E-state index in [1.807, 2.05) is 0 Å². The van der Waals surface area contributed by atoms with E-state index in [1.54, 1.807) is 20.8 Å². The average molecular weight is 316 g/mol. The first-order valence-corrected chi connectivity index (χ1v) is 7.73. The van der Waals surface area contributed by atoms with Gasteiger partial charge in [0.25, 0.3) is 5.91 Å². The Morgan fingerprint density at radius 1 is 1.35 bits per heavy atom. The highest BCUT2D eigenvalue weighted by atomic mass is 16.5. The number of hydrogen-bond donors (Lipinski definition) is 2. The highest BCUT2D eigenvalue weighted by Crippen LogP contribution is 2.38. The fourth-order valence-electron chi connectivity index (χ4n) is 2.70. The number of nitrogens with zero attached hydrogens (tertiary/aromatic N) is 2. The second kappa shape index (κ2) is 5.64. The van der Waals surface area contributed by atoms with Crippen molar-refractivity contribution in [3.05, 3.63) is 34.2 Å². The van der Waals surface area contributed by atoms with E-state index in [4.69, 9.17) is 4.52 Å². The lowest BCUT2D eigenvalue weighted by atomic mass is 10.1. The van der Waals surface area contributed by atoms with Crippen molar-refractivity contribution >= 4 is 11.7 Å². The van der Waals surface area contributed by atoms with Crippen LogP contribution in [0.15, 0.2) is 4.52 Å². The molecule has 7 heteroatoms. The fraction of sp³-hybridized carbons (Fsp3) is 0.500. The molecule has 0 bridgehead atoms. The monoisotopic (exact) mass is 316 g/mol. The summed E-state index contributed by atoms with van der Waals surface area (Å²) in [7, 11) is 0. The lowest BCUT2D eigenvalue weighted by Crippen LogP contribution is -2.27. The van der Waals surface area contributed by atoms with Gasteiger partial charge in [-0.25, -0.2) is 0 Å². The topological polar surface area (TPSA) is 101 Å². The first-order valence-electron chi connectivity index (χ1n) is 7.73. The number of H-pyrrole nitrogens is 1. The Morgan fingerprint density at radius 3 is 2.61 bits per heavy atom. The van der Waals surface area contributed by atoms with Crippen molar-refractivity contribution in [3.8, 4) is 0 Å². The lowest BCUT2D eigenvalue weighted by Gasteiger charge is -2.10. The van der Waals surface area contributed by atoms with Gasteiger partial charge in [-0.2, -0.15) is 4.98 Å². The minimum atomic E-state index is -0.392. The molecular formula is C16H20N4O3. The van der Waals surface area contributed by atoms with Crippen LogP contribution in [-0.2, 0) is 0 Å². The van der Waals surface area contributed by atoms with E-state index >= 15 is 0 Å². The summed E-state index contributed by atoms with van der Waals surface area (Å²) in [5.74, 6) is 1.17. The highest BCUT2D eigenvalue weighted by molar-refractivity contribution is 6.02. The fourth-order valence-corrected chi connectivity index (χ4v) is 2.70. The second-order valence-electron chi connectivity index (χ2n) is 6.14. The number of aromatic amines is 1. The zero-order valence-corrected chi connectivity index (χ0v) is 13.7. The molecule has 0 aromatic carbocycles. The zero-order valence-electron chi connectivity index (χ0n) is 13.7. The molecule has 1 fully saturated rings. The highest BCUT2D eigenvalue weighted by Gasteiger charge is 2.30. The number of aryl methyl sites for hydroxylation is 1. The van der Waals surface area contributed by atoms with Gasteiger partial charge in [0.1, 0.15) is 6.04 Å². The third kappa shape index (κ3) is 2.91. The first-order chi connectivity index (χ1) is 10.9. The number of amides is 1. The van der Waals surface area contributed by atoms with Gasteiger partial charge in [0.2, 0.25) is 5.89 Å². The number of carbonyl (C=O) groups excluding carboxylic acids is 2. The number of nitrogens with one attached hydrogen (secondary N) is 2. The third-order valence-electron chi connectivity index (χ3n) is 4.13. The van der Waals surface area contributed by atoms with Crippen molar-refractivity contribution in [2.45, 2.75) is 52.5 Å². The predicted octanol–water partition coefficient (Wildman–Crippen LogP) is 2.59. The van der Waals surface area contributed by atoms with Crippen molar-refractivity contribution in [2.24, 2.45) is 0 Å². The maximum absolute atomic E-state index is 12.5. The summed E-state index contributed by atoms with van der Waals surface area (Å²) >= 11 is 0. The minimum absolute atomic E-state index is 0.0938. The van der Waals surface area contributed by atoms with Gasteiger partial charge in [0.15, 0.2) is 11.6 Å². The van der Waals surface area contributed by atoms with Crippen molar-refractivity contribution in [3.63, 3.8) is 0 Å². The van der Waals surface area contributed by atoms with Crippen molar-refractivity contribution in [1.29, 1.82) is 0 Å². The Kier molecular flexibility index (Phi) is 3.79. The van der Waals surface area contributed by atoms with Gasteiger partial charge in [0.05, 0.1) is 11.3 Å². The van der Waals surface area contributed by atoms with Crippen molar-refractivity contribution in [2.75, 3.05) is 0 Å². The molecule has 2 aromatic rings. The molecule has 1 aliphatic rings. The van der Waals surface area contributed by atoms with E-state index in [0.29, 0.717) is 40.1 Å². The summed E-state index contributed by atoms with van der Waals surface area (Å²) in [5.41, 5.74) is 2.28. The Hall–Kier alpha value is -2.44. The molecule has 1 amide bonds. The molecule has 23 heavy (non-hydrogen) atoms. The lowest BCUT2D eigenvalue weighted by molar-refractivity contribution is 0.0931. The molecule has 0 saturated heterocycles. The maximum atomic E-state index is 12.5. The molecule has 0 aliphatic heterocycles. The van der Waals surface area contributed by atoms with E-state index in [9.17, 15) is 9.59 Å². The molecule has 1 saturated carbocycles. The summed E-state index contributed by atoms with van der Waals surface area (Å²) < 4.78 is 5.23. The van der Waals surface area contributed by atoms with Gasteiger partial charge in [0, 0.05) is 18.5 Å². The number of rotatable bonds is 5. The van der Waals surface area contributed by atoms with Crippen LogP contribution in [0.5, 0.6) is 0 Å². The van der Waals surface area contributed by atoms with Crippen LogP contribution in [0, 0.1) is 13.8 Å². The van der Waals surface area contributed by atoms with Gasteiger partial charge < -0.3 is 14.8 Å². The van der Waals surface area contributed by atoms with Crippen LogP contribution < -0.4 is 5.32 Å². The number of hydrogen-bond acceptors (Lipinski definition) is 5. The SMILES string of the molecule is CC(=O)c1[nH]c(C)c(C(=O)N[C@H](C)c2nc(C3CC3)no2)c1C. The molecule has 2 aromatic heterocycles. The summed E-state index contributed by atoms with van der Waals surface area (Å²) in [4.78, 5) is 31.4. The Balaban J connectivity index is 1.76. The van der Waals surface area contributed by atoms with E-state index in [0.717, 1.165) is 12.8 Å². The van der Waals surface area contributed by atoms with Crippen LogP contribution in [0.4, 0.5) is 0 Å². The third-order valence-corrected chi connectivity index (χ3v) is 4.13. The maximum Gasteiger partial charge on any atom is 0.254 e. The molecule has 0 unspecified atom stereocenters. The minimum Gasteiger partial charge on any atom is -0.355 e. The zero-order chi connectivity index (χ0) is 16.7.